The van der Waals surface area contributed by atoms with Crippen LogP contribution in [0.25, 0.3) is 11.0 Å². The Morgan fingerprint density at radius 3 is 3.00 bits per heavy atom. The maximum Gasteiger partial charge on any atom is 0.201 e. The molecule has 1 aromatic carbocycles. The molecule has 1 aromatic heterocycles. The van der Waals surface area contributed by atoms with Gasteiger partial charge in [0, 0.05) is 11.8 Å². The molecule has 2 rings (SSSR count). The maximum absolute atomic E-state index is 6.20. The van der Waals surface area contributed by atoms with Crippen LogP contribution in [0.4, 0.5) is 5.95 Å². The summed E-state index contributed by atoms with van der Waals surface area (Å²) < 4.78 is 2.01. The summed E-state index contributed by atoms with van der Waals surface area (Å²) >= 11 is 7.98. The molecule has 1 heterocycles. The molecule has 16 heavy (non-hydrogen) atoms. The molecule has 0 bridgehead atoms. The molecule has 0 amide bonds. The third-order valence-corrected chi connectivity index (χ3v) is 3.66. The van der Waals surface area contributed by atoms with Crippen molar-refractivity contribution in [1.29, 1.82) is 0 Å². The lowest BCUT2D eigenvalue weighted by molar-refractivity contribution is 0.637. The standard InChI is InChI=1S/C11H14ClN3S/c1-7(6-16-2)15-10-8(12)4-3-5-9(10)14-11(15)13/h3-5,7H,6H2,1-2H3,(H2,13,14). The van der Waals surface area contributed by atoms with Crippen molar-refractivity contribution in [2.75, 3.05) is 17.7 Å². The van der Waals surface area contributed by atoms with Crippen LogP contribution in [0.2, 0.25) is 5.02 Å². The van der Waals surface area contributed by atoms with E-state index in [1.165, 1.54) is 0 Å². The van der Waals surface area contributed by atoms with E-state index in [9.17, 15) is 0 Å². The minimum absolute atomic E-state index is 0.292. The molecule has 0 fully saturated rings. The van der Waals surface area contributed by atoms with Crippen molar-refractivity contribution in [2.24, 2.45) is 0 Å². The minimum atomic E-state index is 0.292. The average molecular weight is 256 g/mol. The van der Waals surface area contributed by atoms with Crippen LogP contribution in [0, 0.1) is 0 Å². The number of nitrogen functional groups attached to an aromatic ring is 1. The van der Waals surface area contributed by atoms with Gasteiger partial charge in [0.1, 0.15) is 0 Å². The number of fused-ring (bicyclic) bond motifs is 1. The first-order valence-corrected chi connectivity index (χ1v) is 6.83. The molecular formula is C11H14ClN3S. The molecule has 0 aliphatic heterocycles. The van der Waals surface area contributed by atoms with Crippen LogP contribution in [0.5, 0.6) is 0 Å². The van der Waals surface area contributed by atoms with Gasteiger partial charge in [-0.3, -0.25) is 0 Å². The van der Waals surface area contributed by atoms with Crippen LogP contribution in [0.1, 0.15) is 13.0 Å². The number of rotatable bonds is 3. The number of imidazole rings is 1. The zero-order chi connectivity index (χ0) is 11.7. The van der Waals surface area contributed by atoms with Gasteiger partial charge in [0.25, 0.3) is 0 Å². The second-order valence-corrected chi connectivity index (χ2v) is 5.07. The molecule has 2 N–H and O–H groups in total. The summed E-state index contributed by atoms with van der Waals surface area (Å²) in [5, 5.41) is 0.703. The number of aromatic nitrogens is 2. The van der Waals surface area contributed by atoms with Gasteiger partial charge < -0.3 is 10.3 Å². The number of halogens is 1. The Labute approximate surface area is 104 Å². The number of thioether (sulfide) groups is 1. The summed E-state index contributed by atoms with van der Waals surface area (Å²) in [4.78, 5) is 4.32. The molecular weight excluding hydrogens is 242 g/mol. The van der Waals surface area contributed by atoms with Gasteiger partial charge in [-0.15, -0.1) is 0 Å². The summed E-state index contributed by atoms with van der Waals surface area (Å²) in [6, 6.07) is 5.98. The van der Waals surface area contributed by atoms with E-state index in [-0.39, 0.29) is 0 Å². The number of benzene rings is 1. The first-order chi connectivity index (χ1) is 7.65. The van der Waals surface area contributed by atoms with Crippen molar-refractivity contribution in [3.63, 3.8) is 0 Å². The molecule has 5 heteroatoms. The number of anilines is 1. The van der Waals surface area contributed by atoms with Crippen molar-refractivity contribution in [2.45, 2.75) is 13.0 Å². The molecule has 0 aliphatic rings. The van der Waals surface area contributed by atoms with E-state index in [0.717, 1.165) is 16.8 Å². The molecule has 0 radical (unpaired) electrons. The average Bonchev–Trinajstić information content (AvgIpc) is 2.56. The largest absolute Gasteiger partial charge is 0.369 e. The fourth-order valence-corrected chi connectivity index (χ4v) is 2.78. The molecule has 0 spiro atoms. The van der Waals surface area contributed by atoms with Gasteiger partial charge in [0.15, 0.2) is 0 Å². The number of nitrogens with zero attached hydrogens (tertiary/aromatic N) is 2. The summed E-state index contributed by atoms with van der Waals surface area (Å²) in [5.74, 6) is 1.52. The first-order valence-electron chi connectivity index (χ1n) is 5.06. The Bertz CT molecular complexity index is 509. The predicted octanol–water partition coefficient (Wildman–Crippen LogP) is 3.20. The summed E-state index contributed by atoms with van der Waals surface area (Å²) in [7, 11) is 0. The van der Waals surface area contributed by atoms with E-state index in [0.29, 0.717) is 17.0 Å². The van der Waals surface area contributed by atoms with Gasteiger partial charge in [-0.1, -0.05) is 17.7 Å². The van der Waals surface area contributed by atoms with Crippen LogP contribution < -0.4 is 5.73 Å². The van der Waals surface area contributed by atoms with Crippen molar-refractivity contribution in [3.05, 3.63) is 23.2 Å². The molecule has 86 valence electrons. The van der Waals surface area contributed by atoms with Crippen molar-refractivity contribution in [3.8, 4) is 0 Å². The quantitative estimate of drug-likeness (QED) is 0.916. The monoisotopic (exact) mass is 255 g/mol. The number of hydrogen-bond acceptors (Lipinski definition) is 3. The van der Waals surface area contributed by atoms with Crippen molar-refractivity contribution in [1.82, 2.24) is 9.55 Å². The van der Waals surface area contributed by atoms with Gasteiger partial charge >= 0.3 is 0 Å². The predicted molar refractivity (Wildman–Crippen MR) is 72.2 cm³/mol. The highest BCUT2D eigenvalue weighted by atomic mass is 35.5. The van der Waals surface area contributed by atoms with E-state index in [1.807, 2.05) is 22.8 Å². The van der Waals surface area contributed by atoms with Gasteiger partial charge in [-0.05, 0) is 25.3 Å². The van der Waals surface area contributed by atoms with Crippen molar-refractivity contribution >= 4 is 40.3 Å². The highest BCUT2D eigenvalue weighted by molar-refractivity contribution is 7.98. The van der Waals surface area contributed by atoms with E-state index >= 15 is 0 Å². The molecule has 3 nitrogen and oxygen atoms in total. The first kappa shape index (κ1) is 11.6. The molecule has 2 aromatic rings. The number of nitrogens with two attached hydrogens (primary N) is 1. The Hall–Kier alpha value is -0.870. The van der Waals surface area contributed by atoms with Gasteiger partial charge in [-0.25, -0.2) is 4.98 Å². The molecule has 0 aliphatic carbocycles. The molecule has 1 atom stereocenters. The maximum atomic E-state index is 6.20. The Morgan fingerprint density at radius 2 is 2.31 bits per heavy atom. The van der Waals surface area contributed by atoms with Crippen LogP contribution in [0.15, 0.2) is 18.2 Å². The van der Waals surface area contributed by atoms with Gasteiger partial charge in [0.05, 0.1) is 16.1 Å². The van der Waals surface area contributed by atoms with E-state index in [4.69, 9.17) is 17.3 Å². The Morgan fingerprint density at radius 1 is 1.56 bits per heavy atom. The normalized spacial score (nSPS) is 13.2. The molecule has 1 unspecified atom stereocenters. The molecule has 0 saturated carbocycles. The van der Waals surface area contributed by atoms with Gasteiger partial charge in [0.2, 0.25) is 5.95 Å². The van der Waals surface area contributed by atoms with E-state index < -0.39 is 0 Å². The third-order valence-electron chi connectivity index (χ3n) is 2.54. The van der Waals surface area contributed by atoms with Crippen molar-refractivity contribution < 1.29 is 0 Å². The van der Waals surface area contributed by atoms with Crippen LogP contribution in [0.3, 0.4) is 0 Å². The third kappa shape index (κ3) is 1.87. The SMILES string of the molecule is CSCC(C)n1c(N)nc2cccc(Cl)c21. The van der Waals surface area contributed by atoms with E-state index in [2.05, 4.69) is 18.2 Å². The fraction of sp³-hybridized carbons (Fsp3) is 0.364. The molecule has 0 saturated heterocycles. The Balaban J connectivity index is 2.63. The van der Waals surface area contributed by atoms with E-state index in [1.54, 1.807) is 11.8 Å². The lowest BCUT2D eigenvalue weighted by Crippen LogP contribution is -2.11. The van der Waals surface area contributed by atoms with Crippen LogP contribution >= 0.6 is 23.4 Å². The summed E-state index contributed by atoms with van der Waals surface area (Å²) in [6.07, 6.45) is 2.08. The zero-order valence-corrected chi connectivity index (χ0v) is 10.8. The highest BCUT2D eigenvalue weighted by Crippen LogP contribution is 2.29. The topological polar surface area (TPSA) is 43.8 Å². The summed E-state index contributed by atoms with van der Waals surface area (Å²) in [6.45, 7) is 2.12. The fourth-order valence-electron chi connectivity index (χ4n) is 1.89. The second-order valence-electron chi connectivity index (χ2n) is 3.75. The highest BCUT2D eigenvalue weighted by Gasteiger charge is 2.15. The second kappa shape index (κ2) is 4.55. The lowest BCUT2D eigenvalue weighted by atomic mass is 10.3. The smallest absolute Gasteiger partial charge is 0.201 e. The number of para-hydroxylation sites is 1. The van der Waals surface area contributed by atoms with Gasteiger partial charge in [-0.2, -0.15) is 11.8 Å². The summed E-state index contributed by atoms with van der Waals surface area (Å²) in [5.41, 5.74) is 7.73. The number of hydrogen-bond donors (Lipinski definition) is 1. The van der Waals surface area contributed by atoms with Crippen LogP contribution in [-0.2, 0) is 0 Å². The van der Waals surface area contributed by atoms with Crippen LogP contribution in [-0.4, -0.2) is 21.6 Å². The minimum Gasteiger partial charge on any atom is -0.369 e. The lowest BCUT2D eigenvalue weighted by Gasteiger charge is -2.15. The zero-order valence-electron chi connectivity index (χ0n) is 9.27. The Kier molecular flexibility index (Phi) is 3.30.